The molecule has 0 bridgehead atoms. The smallest absolute Gasteiger partial charge is 0.418 e. The first-order valence-electron chi connectivity index (χ1n) is 12.1. The Kier molecular flexibility index (Phi) is 6.91. The Balaban J connectivity index is 0.000000514. The highest BCUT2D eigenvalue weighted by Crippen LogP contribution is 2.39. The Labute approximate surface area is 213 Å². The van der Waals surface area contributed by atoms with Crippen LogP contribution < -0.4 is 4.57 Å². The molecule has 0 aliphatic carbocycles. The molecule has 184 valence electrons. The Bertz CT molecular complexity index is 1460. The number of pyridine rings is 1. The summed E-state index contributed by atoms with van der Waals surface area (Å²) in [5.41, 5.74) is 10.4. The third-order valence-corrected chi connectivity index (χ3v) is 6.52. The topological polar surface area (TPSA) is 3.88 Å². The Morgan fingerprint density at radius 1 is 0.541 bits per heavy atom. The van der Waals surface area contributed by atoms with Gasteiger partial charge in [0.25, 0.3) is 0 Å². The molecule has 1 unspecified atom stereocenters. The second kappa shape index (κ2) is 10.4. The molecule has 6 heteroatoms. The van der Waals surface area contributed by atoms with Crippen LogP contribution in [-0.4, -0.2) is 7.25 Å². The Morgan fingerprint density at radius 3 is 1.65 bits per heavy atom. The standard InChI is InChI=1S/C31H24N.BF4/c1-4-12-23(13-5-1)26-20-30(25-16-8-3-9-17-25)32-22-29(24-14-6-2-7-15-24)27-18-10-11-19-28(27)31(32)21-26;2-1(3,4)5/h1-21,29H,22H2;/q+1;-1. The zero-order valence-electron chi connectivity index (χ0n) is 19.9. The van der Waals surface area contributed by atoms with E-state index in [4.69, 9.17) is 0 Å². The monoisotopic (exact) mass is 497 g/mol. The molecule has 0 spiro atoms. The zero-order chi connectivity index (χ0) is 25.8. The molecular weight excluding hydrogens is 473 g/mol. The maximum atomic E-state index is 9.75. The molecule has 37 heavy (non-hydrogen) atoms. The van der Waals surface area contributed by atoms with E-state index < -0.39 is 7.25 Å². The van der Waals surface area contributed by atoms with Crippen LogP contribution in [0.4, 0.5) is 17.3 Å². The van der Waals surface area contributed by atoms with Crippen LogP contribution in [0.1, 0.15) is 17.0 Å². The van der Waals surface area contributed by atoms with E-state index in [1.54, 1.807) is 0 Å². The molecule has 0 radical (unpaired) electrons. The van der Waals surface area contributed by atoms with Gasteiger partial charge >= 0.3 is 7.25 Å². The van der Waals surface area contributed by atoms with E-state index in [0.717, 1.165) is 6.54 Å². The average Bonchev–Trinajstić information content (AvgIpc) is 2.92. The normalized spacial score (nSPS) is 14.1. The first kappa shape index (κ1) is 24.5. The Morgan fingerprint density at radius 2 is 1.03 bits per heavy atom. The van der Waals surface area contributed by atoms with Crippen LogP contribution in [0.2, 0.25) is 0 Å². The summed E-state index contributed by atoms with van der Waals surface area (Å²) >= 11 is 0. The number of hydrogen-bond acceptors (Lipinski definition) is 0. The van der Waals surface area contributed by atoms with Gasteiger partial charge in [-0.2, -0.15) is 4.57 Å². The van der Waals surface area contributed by atoms with Gasteiger partial charge in [-0.3, -0.25) is 0 Å². The van der Waals surface area contributed by atoms with Crippen molar-refractivity contribution >= 4 is 7.25 Å². The van der Waals surface area contributed by atoms with Crippen LogP contribution in [0.25, 0.3) is 33.6 Å². The number of aromatic nitrogens is 1. The minimum absolute atomic E-state index is 0.329. The van der Waals surface area contributed by atoms with Gasteiger partial charge in [0.1, 0.15) is 0 Å². The van der Waals surface area contributed by atoms with E-state index in [9.17, 15) is 17.3 Å². The minimum Gasteiger partial charge on any atom is -0.418 e. The largest absolute Gasteiger partial charge is 0.673 e. The second-order valence-corrected chi connectivity index (χ2v) is 8.90. The summed E-state index contributed by atoms with van der Waals surface area (Å²) in [6, 6.07) is 46.0. The molecule has 1 atom stereocenters. The van der Waals surface area contributed by atoms with E-state index >= 15 is 0 Å². The molecule has 6 rings (SSSR count). The van der Waals surface area contributed by atoms with E-state index in [0.29, 0.717) is 5.92 Å². The van der Waals surface area contributed by atoms with Crippen molar-refractivity contribution in [3.05, 3.63) is 139 Å². The highest BCUT2D eigenvalue weighted by molar-refractivity contribution is 6.50. The molecule has 0 amide bonds. The lowest BCUT2D eigenvalue weighted by Gasteiger charge is -2.25. The number of nitrogens with zero attached hydrogens (tertiary/aromatic N) is 1. The summed E-state index contributed by atoms with van der Waals surface area (Å²) in [7, 11) is -6.00. The van der Waals surface area contributed by atoms with Gasteiger partial charge in [0.15, 0.2) is 6.54 Å². The summed E-state index contributed by atoms with van der Waals surface area (Å²) in [6.45, 7) is 0.926. The first-order valence-corrected chi connectivity index (χ1v) is 12.1. The molecule has 4 aromatic carbocycles. The van der Waals surface area contributed by atoms with E-state index in [1.807, 2.05) is 0 Å². The molecule has 2 heterocycles. The van der Waals surface area contributed by atoms with Gasteiger partial charge in [-0.25, -0.2) is 0 Å². The minimum atomic E-state index is -6.00. The third-order valence-electron chi connectivity index (χ3n) is 6.52. The van der Waals surface area contributed by atoms with Crippen molar-refractivity contribution in [3.63, 3.8) is 0 Å². The molecule has 0 N–H and O–H groups in total. The molecular formula is C31H24BF4N. The van der Waals surface area contributed by atoms with Crippen LogP contribution in [-0.2, 0) is 6.54 Å². The fourth-order valence-electron chi connectivity index (χ4n) is 4.97. The Hall–Kier alpha value is -4.19. The summed E-state index contributed by atoms with van der Waals surface area (Å²) in [5.74, 6) is 0.329. The number of benzene rings is 4. The first-order chi connectivity index (χ1) is 17.9. The van der Waals surface area contributed by atoms with E-state index in [-0.39, 0.29) is 0 Å². The van der Waals surface area contributed by atoms with Crippen LogP contribution in [0, 0.1) is 0 Å². The molecule has 1 nitrogen and oxygen atoms in total. The lowest BCUT2D eigenvalue weighted by molar-refractivity contribution is -0.679. The zero-order valence-corrected chi connectivity index (χ0v) is 19.9. The summed E-state index contributed by atoms with van der Waals surface area (Å²) < 4.78 is 41.5. The van der Waals surface area contributed by atoms with Crippen molar-refractivity contribution in [1.82, 2.24) is 0 Å². The van der Waals surface area contributed by atoms with Gasteiger partial charge in [0.05, 0.1) is 11.5 Å². The molecule has 1 aliphatic rings. The third kappa shape index (κ3) is 5.64. The van der Waals surface area contributed by atoms with Crippen LogP contribution >= 0.6 is 0 Å². The highest BCUT2D eigenvalue weighted by Gasteiger charge is 2.34. The van der Waals surface area contributed by atoms with Gasteiger partial charge in [-0.15, -0.1) is 0 Å². The average molecular weight is 497 g/mol. The highest BCUT2D eigenvalue weighted by atomic mass is 19.5. The van der Waals surface area contributed by atoms with Gasteiger partial charge in [0, 0.05) is 17.7 Å². The predicted octanol–water partition coefficient (Wildman–Crippen LogP) is 8.42. The van der Waals surface area contributed by atoms with Gasteiger partial charge in [-0.1, -0.05) is 97.1 Å². The van der Waals surface area contributed by atoms with E-state index in [2.05, 4.69) is 132 Å². The van der Waals surface area contributed by atoms with Crippen molar-refractivity contribution < 1.29 is 21.8 Å². The number of halogens is 4. The molecule has 1 aromatic heterocycles. The second-order valence-electron chi connectivity index (χ2n) is 8.90. The molecule has 1 aliphatic heterocycles. The fraction of sp³-hybridized carbons (Fsp3) is 0.0645. The molecule has 5 aromatic rings. The summed E-state index contributed by atoms with van der Waals surface area (Å²) in [4.78, 5) is 0. The lowest BCUT2D eigenvalue weighted by Crippen LogP contribution is -2.44. The SMILES string of the molecule is F[B-](F)(F)F.c1ccc(-c2cc(-c3ccccc3)[n+]3c(c2)-c2ccccc2C(c2ccccc2)C3)cc1. The van der Waals surface area contributed by atoms with E-state index in [1.165, 1.54) is 44.8 Å². The maximum Gasteiger partial charge on any atom is 0.673 e. The number of fused-ring (bicyclic) bond motifs is 3. The van der Waals surface area contributed by atoms with Crippen molar-refractivity contribution in [1.29, 1.82) is 0 Å². The fourth-order valence-corrected chi connectivity index (χ4v) is 4.97. The van der Waals surface area contributed by atoms with Gasteiger partial charge in [-0.05, 0) is 40.5 Å². The van der Waals surface area contributed by atoms with Crippen LogP contribution in [0.3, 0.4) is 0 Å². The van der Waals surface area contributed by atoms with Crippen LogP contribution in [0.5, 0.6) is 0 Å². The quantitative estimate of drug-likeness (QED) is 0.134. The van der Waals surface area contributed by atoms with Crippen molar-refractivity contribution in [2.75, 3.05) is 0 Å². The lowest BCUT2D eigenvalue weighted by atomic mass is 9.83. The van der Waals surface area contributed by atoms with Crippen molar-refractivity contribution in [3.8, 4) is 33.6 Å². The molecule has 0 saturated carbocycles. The molecule has 0 saturated heterocycles. The number of rotatable bonds is 3. The van der Waals surface area contributed by atoms with Crippen LogP contribution in [0.15, 0.2) is 127 Å². The molecule has 0 fully saturated rings. The predicted molar refractivity (Wildman–Crippen MR) is 141 cm³/mol. The number of hydrogen-bond donors (Lipinski definition) is 0. The summed E-state index contributed by atoms with van der Waals surface area (Å²) in [6.07, 6.45) is 0. The summed E-state index contributed by atoms with van der Waals surface area (Å²) in [5, 5.41) is 0. The van der Waals surface area contributed by atoms with Crippen molar-refractivity contribution in [2.45, 2.75) is 12.5 Å². The maximum absolute atomic E-state index is 9.75. The van der Waals surface area contributed by atoms with Crippen molar-refractivity contribution in [2.24, 2.45) is 0 Å². The van der Waals surface area contributed by atoms with Gasteiger partial charge < -0.3 is 17.3 Å². The van der Waals surface area contributed by atoms with Gasteiger partial charge in [0.2, 0.25) is 11.4 Å².